The Morgan fingerprint density at radius 2 is 1.89 bits per heavy atom. The van der Waals surface area contributed by atoms with Crippen molar-refractivity contribution in [1.29, 1.82) is 0 Å². The lowest BCUT2D eigenvalue weighted by Crippen LogP contribution is -2.43. The van der Waals surface area contributed by atoms with Gasteiger partial charge >= 0.3 is 0 Å². The van der Waals surface area contributed by atoms with Crippen LogP contribution in [0.4, 0.5) is 0 Å². The zero-order chi connectivity index (χ0) is 14.0. The molecule has 0 unspecified atom stereocenters. The third kappa shape index (κ3) is 3.24. The largest absolute Gasteiger partial charge is 0.543 e. The van der Waals surface area contributed by atoms with E-state index < -0.39 is 8.32 Å². The summed E-state index contributed by atoms with van der Waals surface area (Å²) >= 11 is 0. The van der Waals surface area contributed by atoms with Crippen molar-refractivity contribution in [3.63, 3.8) is 0 Å². The highest BCUT2D eigenvalue weighted by Crippen LogP contribution is 2.37. The molecule has 0 radical (unpaired) electrons. The van der Waals surface area contributed by atoms with E-state index in [0.717, 1.165) is 6.29 Å². The second kappa shape index (κ2) is 4.99. The molecule has 1 aromatic carbocycles. The van der Waals surface area contributed by atoms with Crippen LogP contribution < -0.4 is 4.43 Å². The average molecular weight is 260 g/mol. The predicted octanol–water partition coefficient (Wildman–Crippen LogP) is 3.86. The Labute approximate surface area is 110 Å². The number of carbonyl (C=O) groups is 1. The molecule has 0 aliphatic rings. The molecule has 0 aromatic heterocycles. The van der Waals surface area contributed by atoms with E-state index in [1.54, 1.807) is 12.1 Å². The molecule has 0 amide bonds. The highest BCUT2D eigenvalue weighted by Gasteiger charge is 2.39. The van der Waals surface area contributed by atoms with E-state index in [0.29, 0.717) is 16.9 Å². The summed E-state index contributed by atoms with van der Waals surface area (Å²) in [4.78, 5) is 10.9. The van der Waals surface area contributed by atoms with Gasteiger partial charge in [0, 0.05) is 11.1 Å². The molecule has 0 aliphatic carbocycles. The Kier molecular flexibility index (Phi) is 4.03. The summed E-state index contributed by atoms with van der Waals surface area (Å²) in [5.41, 5.74) is 1.23. The Bertz CT molecular complexity index is 490. The molecule has 1 rings (SSSR count). The van der Waals surface area contributed by atoms with Crippen LogP contribution in [0.3, 0.4) is 0 Å². The van der Waals surface area contributed by atoms with Crippen molar-refractivity contribution in [2.75, 3.05) is 0 Å². The van der Waals surface area contributed by atoms with Crippen molar-refractivity contribution in [2.45, 2.75) is 38.9 Å². The number of aldehydes is 1. The molecule has 2 nitrogen and oxygen atoms in total. The fraction of sp³-hybridized carbons (Fsp3) is 0.400. The zero-order valence-electron chi connectivity index (χ0n) is 11.7. The first-order valence-electron chi connectivity index (χ1n) is 5.95. The number of carbonyl (C=O) groups excluding carboxylic acids is 1. The van der Waals surface area contributed by atoms with E-state index in [1.807, 2.05) is 6.07 Å². The summed E-state index contributed by atoms with van der Waals surface area (Å²) in [5.74, 6) is 3.24. The van der Waals surface area contributed by atoms with E-state index in [2.05, 4.69) is 39.8 Å². The summed E-state index contributed by atoms with van der Waals surface area (Å²) in [5, 5.41) is 0.112. The van der Waals surface area contributed by atoms with Gasteiger partial charge in [-0.25, -0.2) is 0 Å². The first-order chi connectivity index (χ1) is 8.19. The highest BCUT2D eigenvalue weighted by atomic mass is 28.4. The van der Waals surface area contributed by atoms with Gasteiger partial charge in [-0.2, -0.15) is 0 Å². The van der Waals surface area contributed by atoms with Crippen LogP contribution in [0.5, 0.6) is 5.75 Å². The summed E-state index contributed by atoms with van der Waals surface area (Å²) in [7, 11) is -1.90. The number of benzene rings is 1. The second-order valence-electron chi connectivity index (χ2n) is 5.92. The molecule has 0 bridgehead atoms. The third-order valence-corrected chi connectivity index (χ3v) is 7.77. The Balaban J connectivity index is 3.12. The fourth-order valence-electron chi connectivity index (χ4n) is 1.28. The topological polar surface area (TPSA) is 26.3 Å². The Morgan fingerprint density at radius 3 is 2.33 bits per heavy atom. The van der Waals surface area contributed by atoms with Crippen molar-refractivity contribution < 1.29 is 9.22 Å². The molecule has 0 saturated carbocycles. The maximum absolute atomic E-state index is 10.9. The quantitative estimate of drug-likeness (QED) is 0.468. The van der Waals surface area contributed by atoms with Crippen LogP contribution >= 0.6 is 0 Å². The summed E-state index contributed by atoms with van der Waals surface area (Å²) in [6, 6.07) is 5.24. The number of terminal acetylenes is 1. The van der Waals surface area contributed by atoms with Crippen LogP contribution in [-0.4, -0.2) is 14.6 Å². The maximum Gasteiger partial charge on any atom is 0.250 e. The molecule has 18 heavy (non-hydrogen) atoms. The van der Waals surface area contributed by atoms with Gasteiger partial charge in [-0.05, 0) is 36.3 Å². The third-order valence-electron chi connectivity index (χ3n) is 3.41. The predicted molar refractivity (Wildman–Crippen MR) is 77.6 cm³/mol. The van der Waals surface area contributed by atoms with Crippen molar-refractivity contribution in [3.8, 4) is 18.1 Å². The van der Waals surface area contributed by atoms with E-state index in [-0.39, 0.29) is 5.04 Å². The molecule has 0 aliphatic heterocycles. The lowest BCUT2D eigenvalue weighted by atomic mass is 10.1. The molecule has 1 aromatic rings. The Hall–Kier alpha value is -1.53. The lowest BCUT2D eigenvalue weighted by Gasteiger charge is -2.36. The van der Waals surface area contributed by atoms with E-state index >= 15 is 0 Å². The smallest absolute Gasteiger partial charge is 0.250 e. The SMILES string of the molecule is C#Cc1cc(C=O)cc(O[Si](C)(C)C(C)(C)C)c1. The van der Waals surface area contributed by atoms with E-state index in [9.17, 15) is 4.79 Å². The van der Waals surface area contributed by atoms with Crippen LogP contribution in [-0.2, 0) is 0 Å². The van der Waals surface area contributed by atoms with Crippen LogP contribution in [0.25, 0.3) is 0 Å². The van der Waals surface area contributed by atoms with E-state index in [1.165, 1.54) is 0 Å². The molecule has 0 heterocycles. The van der Waals surface area contributed by atoms with Gasteiger partial charge in [-0.3, -0.25) is 4.79 Å². The van der Waals surface area contributed by atoms with Crippen LogP contribution in [0.1, 0.15) is 36.7 Å². The fourth-order valence-corrected chi connectivity index (χ4v) is 2.29. The Morgan fingerprint density at radius 1 is 1.28 bits per heavy atom. The van der Waals surface area contributed by atoms with Gasteiger partial charge in [0.1, 0.15) is 12.0 Å². The summed E-state index contributed by atoms with van der Waals surface area (Å²) in [6.45, 7) is 10.8. The van der Waals surface area contributed by atoms with Gasteiger partial charge in [-0.15, -0.1) is 6.42 Å². The molecule has 0 spiro atoms. The first-order valence-corrected chi connectivity index (χ1v) is 8.86. The standard InChI is InChI=1S/C15H20O2Si/c1-7-12-8-13(11-16)10-14(9-12)17-18(5,6)15(2,3)4/h1,8-11H,2-6H3. The molecule has 0 N–H and O–H groups in total. The molecular weight excluding hydrogens is 240 g/mol. The van der Waals surface area contributed by atoms with Gasteiger partial charge < -0.3 is 4.43 Å². The lowest BCUT2D eigenvalue weighted by molar-refractivity contribution is 0.112. The number of hydrogen-bond acceptors (Lipinski definition) is 2. The van der Waals surface area contributed by atoms with Gasteiger partial charge in [0.15, 0.2) is 0 Å². The monoisotopic (exact) mass is 260 g/mol. The van der Waals surface area contributed by atoms with Crippen molar-refractivity contribution in [3.05, 3.63) is 29.3 Å². The first kappa shape index (κ1) is 14.5. The molecule has 0 saturated heterocycles. The minimum absolute atomic E-state index is 0.112. The van der Waals surface area contributed by atoms with Crippen LogP contribution in [0.15, 0.2) is 18.2 Å². The molecule has 0 fully saturated rings. The number of hydrogen-bond donors (Lipinski definition) is 0. The summed E-state index contributed by atoms with van der Waals surface area (Å²) in [6.07, 6.45) is 6.17. The molecule has 96 valence electrons. The maximum atomic E-state index is 10.9. The van der Waals surface area contributed by atoms with Crippen molar-refractivity contribution >= 4 is 14.6 Å². The van der Waals surface area contributed by atoms with Crippen LogP contribution in [0.2, 0.25) is 18.1 Å². The van der Waals surface area contributed by atoms with Gasteiger partial charge in [0.2, 0.25) is 8.32 Å². The normalized spacial score (nSPS) is 11.8. The average Bonchev–Trinajstić information content (AvgIpc) is 2.26. The van der Waals surface area contributed by atoms with Crippen LogP contribution in [0, 0.1) is 12.3 Å². The zero-order valence-corrected chi connectivity index (χ0v) is 12.7. The highest BCUT2D eigenvalue weighted by molar-refractivity contribution is 6.74. The van der Waals surface area contributed by atoms with Gasteiger partial charge in [0.05, 0.1) is 0 Å². The van der Waals surface area contributed by atoms with Gasteiger partial charge in [0.25, 0.3) is 0 Å². The van der Waals surface area contributed by atoms with Crippen molar-refractivity contribution in [1.82, 2.24) is 0 Å². The van der Waals surface area contributed by atoms with E-state index in [4.69, 9.17) is 10.8 Å². The number of rotatable bonds is 3. The molecule has 0 atom stereocenters. The summed E-state index contributed by atoms with van der Waals surface area (Å²) < 4.78 is 6.14. The second-order valence-corrected chi connectivity index (χ2v) is 10.6. The van der Waals surface area contributed by atoms with Crippen molar-refractivity contribution in [2.24, 2.45) is 0 Å². The van der Waals surface area contributed by atoms with Gasteiger partial charge in [-0.1, -0.05) is 26.7 Å². The minimum Gasteiger partial charge on any atom is -0.543 e. The molecule has 3 heteroatoms. The minimum atomic E-state index is -1.90. The molecular formula is C15H20O2Si.